The van der Waals surface area contributed by atoms with Crippen LogP contribution in [-0.4, -0.2) is 15.9 Å². The van der Waals surface area contributed by atoms with Crippen molar-refractivity contribution in [2.24, 2.45) is 0 Å². The minimum absolute atomic E-state index is 0.250. The first-order valence-corrected chi connectivity index (χ1v) is 8.92. The van der Waals surface area contributed by atoms with Crippen molar-refractivity contribution in [1.82, 2.24) is 9.97 Å². The Bertz CT molecular complexity index is 862. The standard InChI is InChI=1S/C16H12BrClN4OS/c1-9-3-2-4-11(18)14(9)22-15(23)12-8-20-16(24-12)21-13-6-5-10(17)7-19-13/h2-8H,1H3,(H,22,23)(H,19,20,21). The van der Waals surface area contributed by atoms with Gasteiger partial charge >= 0.3 is 0 Å². The maximum absolute atomic E-state index is 12.4. The number of nitrogens with one attached hydrogen (secondary N) is 2. The third-order valence-corrected chi connectivity index (χ3v) is 4.85. The molecule has 0 atom stereocenters. The number of pyridine rings is 1. The molecule has 1 amide bonds. The third-order valence-electron chi connectivity index (χ3n) is 3.15. The Labute approximate surface area is 156 Å². The highest BCUT2D eigenvalue weighted by molar-refractivity contribution is 9.10. The number of nitrogens with zero attached hydrogens (tertiary/aromatic N) is 2. The second-order valence-corrected chi connectivity index (χ2v) is 7.26. The third kappa shape index (κ3) is 3.92. The van der Waals surface area contributed by atoms with Crippen molar-refractivity contribution in [2.45, 2.75) is 6.92 Å². The minimum atomic E-state index is -0.250. The summed E-state index contributed by atoms with van der Waals surface area (Å²) in [5.74, 6) is 0.405. The fourth-order valence-corrected chi connectivity index (χ4v) is 3.18. The van der Waals surface area contributed by atoms with E-state index in [9.17, 15) is 4.79 Å². The van der Waals surface area contributed by atoms with Gasteiger partial charge in [0.2, 0.25) is 0 Å². The van der Waals surface area contributed by atoms with E-state index in [0.717, 1.165) is 10.0 Å². The zero-order valence-corrected chi connectivity index (χ0v) is 15.7. The number of aromatic nitrogens is 2. The molecule has 0 radical (unpaired) electrons. The molecule has 3 rings (SSSR count). The zero-order chi connectivity index (χ0) is 17.1. The first kappa shape index (κ1) is 16.9. The van der Waals surface area contributed by atoms with E-state index < -0.39 is 0 Å². The molecule has 0 aliphatic rings. The lowest BCUT2D eigenvalue weighted by atomic mass is 10.2. The molecule has 2 N–H and O–H groups in total. The number of rotatable bonds is 4. The van der Waals surface area contributed by atoms with Gasteiger partial charge in [-0.25, -0.2) is 9.97 Å². The molecule has 2 aromatic heterocycles. The second kappa shape index (κ2) is 7.29. The molecule has 5 nitrogen and oxygen atoms in total. The lowest BCUT2D eigenvalue weighted by Crippen LogP contribution is -2.11. The topological polar surface area (TPSA) is 66.9 Å². The lowest BCUT2D eigenvalue weighted by Gasteiger charge is -2.08. The van der Waals surface area contributed by atoms with Gasteiger partial charge in [0.05, 0.1) is 16.9 Å². The predicted molar refractivity (Wildman–Crippen MR) is 101 cm³/mol. The quantitative estimate of drug-likeness (QED) is 0.601. The molecule has 0 aliphatic carbocycles. The number of carbonyl (C=O) groups is 1. The van der Waals surface area contributed by atoms with Crippen LogP contribution >= 0.6 is 38.9 Å². The van der Waals surface area contributed by atoms with Crippen LogP contribution in [0.4, 0.5) is 16.6 Å². The van der Waals surface area contributed by atoms with Crippen LogP contribution in [0.2, 0.25) is 5.02 Å². The molecule has 0 fully saturated rings. The van der Waals surface area contributed by atoms with Crippen molar-refractivity contribution in [3.63, 3.8) is 0 Å². The highest BCUT2D eigenvalue weighted by Crippen LogP contribution is 2.27. The molecule has 1 aromatic carbocycles. The number of benzene rings is 1. The predicted octanol–water partition coefficient (Wildman–Crippen LogP) is 5.26. The SMILES string of the molecule is Cc1cccc(Cl)c1NC(=O)c1cnc(Nc2ccc(Br)cn2)s1. The first-order valence-electron chi connectivity index (χ1n) is 6.94. The highest BCUT2D eigenvalue weighted by atomic mass is 79.9. The van der Waals surface area contributed by atoms with Gasteiger partial charge in [-0.05, 0) is 46.6 Å². The molecular weight excluding hydrogens is 412 g/mol. The van der Waals surface area contributed by atoms with E-state index in [1.54, 1.807) is 12.3 Å². The van der Waals surface area contributed by atoms with Gasteiger partial charge in [-0.15, -0.1) is 0 Å². The molecule has 122 valence electrons. The van der Waals surface area contributed by atoms with Crippen molar-refractivity contribution in [1.29, 1.82) is 0 Å². The average Bonchev–Trinajstić information content (AvgIpc) is 3.02. The summed E-state index contributed by atoms with van der Waals surface area (Å²) in [4.78, 5) is 21.3. The molecule has 0 bridgehead atoms. The van der Waals surface area contributed by atoms with Gasteiger partial charge in [0.25, 0.3) is 5.91 Å². The van der Waals surface area contributed by atoms with E-state index in [0.29, 0.717) is 26.5 Å². The largest absolute Gasteiger partial charge is 0.320 e. The summed E-state index contributed by atoms with van der Waals surface area (Å²) in [6, 6.07) is 9.16. The molecule has 0 saturated carbocycles. The summed E-state index contributed by atoms with van der Waals surface area (Å²) in [7, 11) is 0. The van der Waals surface area contributed by atoms with Crippen molar-refractivity contribution < 1.29 is 4.79 Å². The number of thiazole rings is 1. The van der Waals surface area contributed by atoms with Gasteiger partial charge in [-0.3, -0.25) is 4.79 Å². The van der Waals surface area contributed by atoms with Crippen molar-refractivity contribution >= 4 is 61.4 Å². The van der Waals surface area contributed by atoms with Crippen LogP contribution in [0.1, 0.15) is 15.2 Å². The molecular formula is C16H12BrClN4OS. The van der Waals surface area contributed by atoms with Crippen LogP contribution in [-0.2, 0) is 0 Å². The van der Waals surface area contributed by atoms with Crippen LogP contribution in [0.3, 0.4) is 0 Å². The lowest BCUT2D eigenvalue weighted by molar-refractivity contribution is 0.103. The highest BCUT2D eigenvalue weighted by Gasteiger charge is 2.14. The average molecular weight is 424 g/mol. The molecule has 0 unspecified atom stereocenters. The number of carbonyl (C=O) groups excluding carboxylic acids is 1. The van der Waals surface area contributed by atoms with E-state index in [2.05, 4.69) is 36.5 Å². The molecule has 3 aromatic rings. The summed E-state index contributed by atoms with van der Waals surface area (Å²) >= 11 is 10.7. The van der Waals surface area contributed by atoms with Crippen molar-refractivity contribution in [2.75, 3.05) is 10.6 Å². The summed E-state index contributed by atoms with van der Waals surface area (Å²) < 4.78 is 0.891. The molecule has 24 heavy (non-hydrogen) atoms. The number of hydrogen-bond acceptors (Lipinski definition) is 5. The van der Waals surface area contributed by atoms with Gasteiger partial charge in [-0.2, -0.15) is 0 Å². The Hall–Kier alpha value is -1.96. The maximum Gasteiger partial charge on any atom is 0.267 e. The zero-order valence-electron chi connectivity index (χ0n) is 12.5. The fraction of sp³-hybridized carbons (Fsp3) is 0.0625. The van der Waals surface area contributed by atoms with Crippen LogP contribution in [0.25, 0.3) is 0 Å². The van der Waals surface area contributed by atoms with E-state index in [1.807, 2.05) is 31.2 Å². The van der Waals surface area contributed by atoms with Crippen LogP contribution < -0.4 is 10.6 Å². The number of aryl methyl sites for hydroxylation is 1. The van der Waals surface area contributed by atoms with Gasteiger partial charge in [-0.1, -0.05) is 35.1 Å². The first-order chi connectivity index (χ1) is 11.5. The Morgan fingerprint density at radius 2 is 2.04 bits per heavy atom. The Balaban J connectivity index is 1.73. The molecule has 0 spiro atoms. The summed E-state index contributed by atoms with van der Waals surface area (Å²) in [5.41, 5.74) is 1.51. The van der Waals surface area contributed by atoms with Crippen LogP contribution in [0.5, 0.6) is 0 Å². The fourth-order valence-electron chi connectivity index (χ4n) is 1.96. The maximum atomic E-state index is 12.4. The second-order valence-electron chi connectivity index (χ2n) is 4.90. The molecule has 0 saturated heterocycles. The van der Waals surface area contributed by atoms with E-state index in [1.165, 1.54) is 17.5 Å². The summed E-state index contributed by atoms with van der Waals surface area (Å²) in [5, 5.41) is 6.99. The van der Waals surface area contributed by atoms with Gasteiger partial charge in [0.15, 0.2) is 5.13 Å². The van der Waals surface area contributed by atoms with Crippen molar-refractivity contribution in [3.8, 4) is 0 Å². The normalized spacial score (nSPS) is 10.5. The Kier molecular flexibility index (Phi) is 5.13. The van der Waals surface area contributed by atoms with Gasteiger partial charge in [0.1, 0.15) is 10.7 Å². The monoisotopic (exact) mass is 422 g/mol. The molecule has 0 aliphatic heterocycles. The Morgan fingerprint density at radius 3 is 2.75 bits per heavy atom. The summed E-state index contributed by atoms with van der Waals surface area (Å²) in [6.45, 7) is 1.89. The number of halogens is 2. The number of para-hydroxylation sites is 1. The van der Waals surface area contributed by atoms with Gasteiger partial charge < -0.3 is 10.6 Å². The van der Waals surface area contributed by atoms with E-state index in [4.69, 9.17) is 11.6 Å². The number of anilines is 3. The minimum Gasteiger partial charge on any atom is -0.320 e. The number of hydrogen-bond donors (Lipinski definition) is 2. The van der Waals surface area contributed by atoms with Crippen molar-refractivity contribution in [3.05, 3.63) is 62.7 Å². The smallest absolute Gasteiger partial charge is 0.267 e. The number of amides is 1. The van der Waals surface area contributed by atoms with Crippen LogP contribution in [0.15, 0.2) is 47.2 Å². The molecule has 8 heteroatoms. The Morgan fingerprint density at radius 1 is 1.21 bits per heavy atom. The molecule has 2 heterocycles. The van der Waals surface area contributed by atoms with E-state index in [-0.39, 0.29) is 5.91 Å². The van der Waals surface area contributed by atoms with Crippen LogP contribution in [0, 0.1) is 6.92 Å². The van der Waals surface area contributed by atoms with E-state index >= 15 is 0 Å². The van der Waals surface area contributed by atoms with Gasteiger partial charge in [0, 0.05) is 10.7 Å². The summed E-state index contributed by atoms with van der Waals surface area (Å²) in [6.07, 6.45) is 3.21.